The molecule has 9 rings (SSSR count). The fourth-order valence-corrected chi connectivity index (χ4v) is 7.65. The van der Waals surface area contributed by atoms with Gasteiger partial charge in [0.2, 0.25) is 13.4 Å². The molecule has 2 nitrogen and oxygen atoms in total. The number of anilines is 6. The lowest BCUT2D eigenvalue weighted by molar-refractivity contribution is 1.29. The van der Waals surface area contributed by atoms with Crippen molar-refractivity contribution in [2.24, 2.45) is 0 Å². The van der Waals surface area contributed by atoms with Crippen LogP contribution in [0, 0.1) is 0 Å². The molecule has 0 aliphatic carbocycles. The van der Waals surface area contributed by atoms with Gasteiger partial charge in [-0.25, -0.2) is 0 Å². The highest BCUT2D eigenvalue weighted by Gasteiger charge is 2.37. The predicted molar refractivity (Wildman–Crippen MR) is 198 cm³/mol. The van der Waals surface area contributed by atoms with E-state index in [0.29, 0.717) is 0 Å². The van der Waals surface area contributed by atoms with Crippen molar-refractivity contribution in [3.05, 3.63) is 182 Å². The minimum atomic E-state index is 0.140. The molecule has 0 aromatic heterocycles. The standard InChI is InChI=1S/C42H30B2N2/c1-3-15-33(16-4-1)45-39-23-11-7-19-35(39)43(36-20-8-12-24-40(36)45)31-27-29-32(30-28-31)44-37-21-9-13-25-41(37)46(34-17-5-2-6-18-34)42-26-14-10-22-38(42)44/h1-30H. The SMILES string of the molecule is c1ccc(N2c3ccccc3B(c3ccc(B4c5ccccc5N(c5ccccc5)c5ccccc54)cc3)c3ccccc32)cc1. The van der Waals surface area contributed by atoms with Crippen LogP contribution in [0.3, 0.4) is 0 Å². The van der Waals surface area contributed by atoms with Crippen LogP contribution in [-0.2, 0) is 0 Å². The Bertz CT molecular complexity index is 1930. The second kappa shape index (κ2) is 11.0. The van der Waals surface area contributed by atoms with Gasteiger partial charge in [0.25, 0.3) is 0 Å². The summed E-state index contributed by atoms with van der Waals surface area (Å²) in [4.78, 5) is 4.81. The maximum Gasteiger partial charge on any atom is 0.246 e. The van der Waals surface area contributed by atoms with Gasteiger partial charge < -0.3 is 9.80 Å². The van der Waals surface area contributed by atoms with Gasteiger partial charge in [0.1, 0.15) is 0 Å². The van der Waals surface area contributed by atoms with Gasteiger partial charge in [-0.15, -0.1) is 0 Å². The van der Waals surface area contributed by atoms with Crippen LogP contribution in [0.1, 0.15) is 0 Å². The minimum absolute atomic E-state index is 0.140. The summed E-state index contributed by atoms with van der Waals surface area (Å²) in [6.45, 7) is 0.279. The lowest BCUT2D eigenvalue weighted by Crippen LogP contribution is -2.59. The van der Waals surface area contributed by atoms with Gasteiger partial charge in [0.05, 0.1) is 0 Å². The average molecular weight is 584 g/mol. The first-order chi connectivity index (χ1) is 22.9. The van der Waals surface area contributed by atoms with Crippen LogP contribution in [0.4, 0.5) is 34.1 Å². The highest BCUT2D eigenvalue weighted by atomic mass is 15.2. The van der Waals surface area contributed by atoms with E-state index in [4.69, 9.17) is 0 Å². The van der Waals surface area contributed by atoms with E-state index in [1.54, 1.807) is 0 Å². The normalized spacial score (nSPS) is 13.0. The van der Waals surface area contributed by atoms with Gasteiger partial charge in [-0.05, 0) is 70.4 Å². The maximum absolute atomic E-state index is 2.41. The second-order valence-corrected chi connectivity index (χ2v) is 12.1. The molecule has 7 aromatic rings. The highest BCUT2D eigenvalue weighted by Crippen LogP contribution is 2.37. The van der Waals surface area contributed by atoms with E-state index >= 15 is 0 Å². The molecule has 4 heteroatoms. The largest absolute Gasteiger partial charge is 0.312 e. The highest BCUT2D eigenvalue weighted by molar-refractivity contribution is 6.99. The summed E-state index contributed by atoms with van der Waals surface area (Å²) in [5.74, 6) is 0. The van der Waals surface area contributed by atoms with Gasteiger partial charge >= 0.3 is 0 Å². The van der Waals surface area contributed by atoms with Crippen molar-refractivity contribution in [1.29, 1.82) is 0 Å². The van der Waals surface area contributed by atoms with E-state index < -0.39 is 0 Å². The van der Waals surface area contributed by atoms with Crippen LogP contribution >= 0.6 is 0 Å². The van der Waals surface area contributed by atoms with Crippen molar-refractivity contribution in [2.75, 3.05) is 9.80 Å². The molecule has 2 heterocycles. The molecule has 7 aromatic carbocycles. The van der Waals surface area contributed by atoms with Crippen molar-refractivity contribution < 1.29 is 0 Å². The summed E-state index contributed by atoms with van der Waals surface area (Å²) in [5.41, 5.74) is 15.2. The molecule has 0 radical (unpaired) electrons. The molecular formula is C42H30B2N2. The number of fused-ring (bicyclic) bond motifs is 4. The molecule has 0 saturated heterocycles. The Morgan fingerprint density at radius 2 is 0.522 bits per heavy atom. The molecule has 2 aliphatic rings. The number of nitrogens with zero attached hydrogens (tertiary/aromatic N) is 2. The fourth-order valence-electron chi connectivity index (χ4n) is 7.65. The first kappa shape index (κ1) is 26.7. The molecule has 0 unspecified atom stereocenters. The maximum atomic E-state index is 2.41. The summed E-state index contributed by atoms with van der Waals surface area (Å²) in [7, 11) is 0. The Labute approximate surface area is 271 Å². The van der Waals surface area contributed by atoms with Gasteiger partial charge in [-0.1, -0.05) is 144 Å². The van der Waals surface area contributed by atoms with Gasteiger partial charge in [-0.3, -0.25) is 0 Å². The molecule has 2 aliphatic heterocycles. The number of hydrogen-bond donors (Lipinski definition) is 0. The zero-order valence-corrected chi connectivity index (χ0v) is 25.4. The van der Waals surface area contributed by atoms with E-state index in [1.807, 2.05) is 0 Å². The van der Waals surface area contributed by atoms with Crippen molar-refractivity contribution in [2.45, 2.75) is 0 Å². The average Bonchev–Trinajstić information content (AvgIpc) is 3.13. The van der Waals surface area contributed by atoms with Crippen LogP contribution in [-0.4, -0.2) is 13.4 Å². The third kappa shape index (κ3) is 4.22. The van der Waals surface area contributed by atoms with E-state index in [2.05, 4.69) is 192 Å². The van der Waals surface area contributed by atoms with Crippen LogP contribution < -0.4 is 42.6 Å². The summed E-state index contributed by atoms with van der Waals surface area (Å²) in [6.07, 6.45) is 0. The Morgan fingerprint density at radius 3 is 0.826 bits per heavy atom. The third-order valence-electron chi connectivity index (χ3n) is 9.59. The molecule has 0 N–H and O–H groups in total. The van der Waals surface area contributed by atoms with E-state index in [9.17, 15) is 0 Å². The van der Waals surface area contributed by atoms with Crippen LogP contribution in [0.25, 0.3) is 0 Å². The molecule has 0 amide bonds. The summed E-state index contributed by atoms with van der Waals surface area (Å²) < 4.78 is 0. The lowest BCUT2D eigenvalue weighted by atomic mass is 9.33. The van der Waals surface area contributed by atoms with Gasteiger partial charge in [0, 0.05) is 34.1 Å². The topological polar surface area (TPSA) is 6.48 Å². The number of benzene rings is 7. The minimum Gasteiger partial charge on any atom is -0.312 e. The lowest BCUT2D eigenvalue weighted by Gasteiger charge is -2.37. The molecule has 214 valence electrons. The van der Waals surface area contributed by atoms with Crippen molar-refractivity contribution >= 4 is 80.3 Å². The zero-order valence-electron chi connectivity index (χ0n) is 25.4. The Hall–Kier alpha value is -5.73. The number of rotatable bonds is 4. The quantitative estimate of drug-likeness (QED) is 0.225. The predicted octanol–water partition coefficient (Wildman–Crippen LogP) is 6.29. The molecule has 0 fully saturated rings. The third-order valence-corrected chi connectivity index (χ3v) is 9.59. The summed E-state index contributed by atoms with van der Waals surface area (Å²) in [5, 5.41) is 0. The number of hydrogen-bond acceptors (Lipinski definition) is 2. The van der Waals surface area contributed by atoms with Crippen LogP contribution in [0.15, 0.2) is 182 Å². The smallest absolute Gasteiger partial charge is 0.246 e. The first-order valence-corrected chi connectivity index (χ1v) is 16.0. The molecular weight excluding hydrogens is 554 g/mol. The monoisotopic (exact) mass is 584 g/mol. The van der Waals surface area contributed by atoms with Gasteiger partial charge in [0.15, 0.2) is 0 Å². The van der Waals surface area contributed by atoms with Crippen molar-refractivity contribution in [3.63, 3.8) is 0 Å². The van der Waals surface area contributed by atoms with E-state index in [0.717, 1.165) is 0 Å². The Balaban J connectivity index is 1.16. The molecule has 0 saturated carbocycles. The Morgan fingerprint density at radius 1 is 0.261 bits per heavy atom. The molecule has 0 atom stereocenters. The van der Waals surface area contributed by atoms with E-state index in [-0.39, 0.29) is 13.4 Å². The molecule has 46 heavy (non-hydrogen) atoms. The first-order valence-electron chi connectivity index (χ1n) is 16.0. The summed E-state index contributed by atoms with van der Waals surface area (Å²) >= 11 is 0. The molecule has 0 spiro atoms. The van der Waals surface area contributed by atoms with Crippen LogP contribution in [0.2, 0.25) is 0 Å². The molecule has 0 bridgehead atoms. The van der Waals surface area contributed by atoms with Gasteiger partial charge in [-0.2, -0.15) is 0 Å². The zero-order chi connectivity index (χ0) is 30.5. The van der Waals surface area contributed by atoms with Crippen molar-refractivity contribution in [3.8, 4) is 0 Å². The van der Waals surface area contributed by atoms with E-state index in [1.165, 1.54) is 66.9 Å². The number of para-hydroxylation sites is 6. The Kier molecular flexibility index (Phi) is 6.38. The van der Waals surface area contributed by atoms with Crippen LogP contribution in [0.5, 0.6) is 0 Å². The van der Waals surface area contributed by atoms with Crippen molar-refractivity contribution in [1.82, 2.24) is 0 Å². The second-order valence-electron chi connectivity index (χ2n) is 12.1. The summed E-state index contributed by atoms with van der Waals surface area (Å²) in [6, 6.07) is 66.4. The fraction of sp³-hybridized carbons (Fsp3) is 0.